The Morgan fingerprint density at radius 3 is 0.877 bits per heavy atom. The van der Waals surface area contributed by atoms with E-state index in [-0.39, 0.29) is 94.4 Å². The Kier molecular flexibility index (Phi) is 12.8. The molecule has 12 nitrogen and oxygen atoms in total. The van der Waals surface area contributed by atoms with E-state index in [1.54, 1.807) is 0 Å². The zero-order chi connectivity index (χ0) is 43.7. The van der Waals surface area contributed by atoms with Gasteiger partial charge in [0.05, 0.1) is 26.4 Å². The van der Waals surface area contributed by atoms with Crippen molar-refractivity contribution in [2.75, 3.05) is 47.6 Å². The van der Waals surface area contributed by atoms with Crippen molar-refractivity contribution in [3.63, 3.8) is 0 Å². The molecule has 0 spiro atoms. The molecule has 0 bridgehead atoms. The number of carbonyl (C=O) groups excluding carboxylic acids is 4. The average molecular weight is 803 g/mol. The first-order chi connectivity index (χ1) is 25.6. The van der Waals surface area contributed by atoms with Crippen LogP contribution in [0.5, 0.6) is 0 Å². The summed E-state index contributed by atoms with van der Waals surface area (Å²) in [7, 11) is 6.14. The standard InChI is InChI=1S/C45H78N4O8/c1-38(2)20-28(42(9,10)46-38)24-54-34(50)32(35(51)55-25-29-21-39(3,4)47(17)43(29,11)12)33(36(52)56-26-30-22-40(5,6)48(18)44(30,13)14)37(53)57-27-31-23-41(7,8)49(19)45(31,15)16/h28-31,46H,20-27H2,1-19H3. The van der Waals surface area contributed by atoms with Crippen molar-refractivity contribution in [2.45, 2.75) is 181 Å². The molecule has 0 radical (unpaired) electrons. The second-order valence-corrected chi connectivity index (χ2v) is 22.6. The van der Waals surface area contributed by atoms with E-state index in [9.17, 15) is 19.2 Å². The van der Waals surface area contributed by atoms with E-state index >= 15 is 0 Å². The van der Waals surface area contributed by atoms with E-state index in [0.29, 0.717) is 6.42 Å². The molecule has 0 aromatic rings. The predicted molar refractivity (Wildman–Crippen MR) is 222 cm³/mol. The molecule has 0 aliphatic carbocycles. The number of hydrogen-bond donors (Lipinski definition) is 1. The fraction of sp³-hybridized carbons (Fsp3) is 0.867. The number of hydrogen-bond acceptors (Lipinski definition) is 12. The number of ether oxygens (including phenoxy) is 4. The van der Waals surface area contributed by atoms with E-state index in [1.807, 2.05) is 35.0 Å². The first kappa shape index (κ1) is 47.1. The minimum atomic E-state index is -1.11. The average Bonchev–Trinajstić information content (AvgIpc) is 3.53. The maximum atomic E-state index is 14.4. The number of esters is 4. The van der Waals surface area contributed by atoms with Crippen molar-refractivity contribution in [3.8, 4) is 0 Å². The van der Waals surface area contributed by atoms with Crippen molar-refractivity contribution in [3.05, 3.63) is 11.1 Å². The van der Waals surface area contributed by atoms with Gasteiger partial charge >= 0.3 is 23.9 Å². The highest BCUT2D eigenvalue weighted by Crippen LogP contribution is 2.46. The van der Waals surface area contributed by atoms with E-state index in [1.165, 1.54) is 0 Å². The SMILES string of the molecule is CN1C(C)(C)CC(COC(=O)C(C(=O)OCC2CC(C)(C)NC2(C)C)=C(C(=O)OCC2CC(C)(C)N(C)C2(C)C)C(=O)OCC2CC(C)(C)N(C)C2(C)C)C1(C)C. The fourth-order valence-corrected chi connectivity index (χ4v) is 10.7. The quantitative estimate of drug-likeness (QED) is 0.0800. The van der Waals surface area contributed by atoms with Gasteiger partial charge in [-0.25, -0.2) is 19.2 Å². The highest BCUT2D eigenvalue weighted by Gasteiger charge is 2.53. The fourth-order valence-electron chi connectivity index (χ4n) is 10.7. The molecule has 326 valence electrons. The number of carbonyl (C=O) groups is 4. The van der Waals surface area contributed by atoms with Crippen LogP contribution in [-0.2, 0) is 38.1 Å². The molecular weight excluding hydrogens is 725 g/mol. The Morgan fingerprint density at radius 2 is 0.684 bits per heavy atom. The summed E-state index contributed by atoms with van der Waals surface area (Å²) in [5.74, 6) is -4.84. The molecule has 4 atom stereocenters. The van der Waals surface area contributed by atoms with Crippen molar-refractivity contribution in [2.24, 2.45) is 23.7 Å². The smallest absolute Gasteiger partial charge is 0.346 e. The molecule has 57 heavy (non-hydrogen) atoms. The first-order valence-electron chi connectivity index (χ1n) is 21.1. The van der Waals surface area contributed by atoms with E-state index < -0.39 is 35.0 Å². The molecular formula is C45H78N4O8. The molecule has 0 amide bonds. The van der Waals surface area contributed by atoms with Crippen LogP contribution in [0.25, 0.3) is 0 Å². The molecule has 12 heteroatoms. The topological polar surface area (TPSA) is 127 Å². The Morgan fingerprint density at radius 1 is 0.439 bits per heavy atom. The number of nitrogens with zero attached hydrogens (tertiary/aromatic N) is 3. The third kappa shape index (κ3) is 9.29. The van der Waals surface area contributed by atoms with Gasteiger partial charge in [0.15, 0.2) is 11.1 Å². The lowest BCUT2D eigenvalue weighted by molar-refractivity contribution is -0.155. The van der Waals surface area contributed by atoms with Crippen molar-refractivity contribution < 1.29 is 38.1 Å². The molecule has 4 saturated heterocycles. The van der Waals surface area contributed by atoms with Crippen molar-refractivity contribution >= 4 is 23.9 Å². The second-order valence-electron chi connectivity index (χ2n) is 22.6. The van der Waals surface area contributed by atoms with Gasteiger partial charge in [-0.2, -0.15) is 0 Å². The maximum absolute atomic E-state index is 14.4. The van der Waals surface area contributed by atoms with E-state index in [2.05, 4.69) is 117 Å². The lowest BCUT2D eigenvalue weighted by atomic mass is 9.87. The first-order valence-corrected chi connectivity index (χ1v) is 21.1. The minimum Gasteiger partial charge on any atom is -0.462 e. The molecule has 4 aliphatic heterocycles. The van der Waals surface area contributed by atoms with Crippen LogP contribution in [0.4, 0.5) is 0 Å². The molecule has 0 aromatic heterocycles. The van der Waals surface area contributed by atoms with Gasteiger partial charge in [-0.15, -0.1) is 0 Å². The van der Waals surface area contributed by atoms with Crippen molar-refractivity contribution in [1.29, 1.82) is 0 Å². The van der Waals surface area contributed by atoms with Gasteiger partial charge in [0, 0.05) is 68.0 Å². The summed E-state index contributed by atoms with van der Waals surface area (Å²) in [4.78, 5) is 64.4. The second kappa shape index (κ2) is 15.5. The number of rotatable bonds is 12. The highest BCUT2D eigenvalue weighted by atomic mass is 16.6. The summed E-state index contributed by atoms with van der Waals surface area (Å²) in [5, 5.41) is 3.59. The molecule has 4 heterocycles. The van der Waals surface area contributed by atoms with Crippen molar-refractivity contribution in [1.82, 2.24) is 20.0 Å². The van der Waals surface area contributed by atoms with Crippen LogP contribution < -0.4 is 5.32 Å². The molecule has 0 saturated carbocycles. The number of likely N-dealkylation sites (tertiary alicyclic amines) is 3. The zero-order valence-electron chi connectivity index (χ0n) is 39.1. The summed E-state index contributed by atoms with van der Waals surface area (Å²) >= 11 is 0. The molecule has 4 aliphatic rings. The monoisotopic (exact) mass is 803 g/mol. The number of nitrogens with one attached hydrogen (secondary N) is 1. The van der Waals surface area contributed by atoms with Crippen LogP contribution >= 0.6 is 0 Å². The van der Waals surface area contributed by atoms with Crippen LogP contribution in [0.2, 0.25) is 0 Å². The third-order valence-corrected chi connectivity index (χ3v) is 15.7. The molecule has 4 fully saturated rings. The highest BCUT2D eigenvalue weighted by molar-refractivity contribution is 6.28. The van der Waals surface area contributed by atoms with Crippen LogP contribution in [0.1, 0.15) is 136 Å². The summed E-state index contributed by atoms with van der Waals surface area (Å²) in [6, 6.07) is 0. The van der Waals surface area contributed by atoms with Gasteiger partial charge in [0.25, 0.3) is 0 Å². The van der Waals surface area contributed by atoms with E-state index in [0.717, 1.165) is 19.3 Å². The van der Waals surface area contributed by atoms with Gasteiger partial charge < -0.3 is 24.3 Å². The largest absolute Gasteiger partial charge is 0.462 e. The van der Waals surface area contributed by atoms with Crippen LogP contribution in [0.15, 0.2) is 11.1 Å². The zero-order valence-corrected chi connectivity index (χ0v) is 39.1. The molecule has 0 aromatic carbocycles. The van der Waals surface area contributed by atoms with Gasteiger partial charge in [-0.05, 0) is 158 Å². The van der Waals surface area contributed by atoms with Gasteiger partial charge in [0.1, 0.15) is 0 Å². The van der Waals surface area contributed by atoms with Crippen LogP contribution in [0.3, 0.4) is 0 Å². The Hall–Kier alpha value is -2.54. The third-order valence-electron chi connectivity index (χ3n) is 15.7. The predicted octanol–water partition coefficient (Wildman–Crippen LogP) is 6.15. The van der Waals surface area contributed by atoms with Crippen LogP contribution in [0, 0.1) is 23.7 Å². The Labute approximate surface area is 344 Å². The Bertz CT molecular complexity index is 1550. The summed E-state index contributed by atoms with van der Waals surface area (Å²) < 4.78 is 23.8. The molecule has 4 unspecified atom stereocenters. The maximum Gasteiger partial charge on any atom is 0.346 e. The summed E-state index contributed by atoms with van der Waals surface area (Å²) in [6.07, 6.45) is 2.90. The van der Waals surface area contributed by atoms with Gasteiger partial charge in [0.2, 0.25) is 0 Å². The van der Waals surface area contributed by atoms with Gasteiger partial charge in [-0.1, -0.05) is 0 Å². The van der Waals surface area contributed by atoms with E-state index in [4.69, 9.17) is 18.9 Å². The van der Waals surface area contributed by atoms with Gasteiger partial charge in [-0.3, -0.25) is 14.7 Å². The lowest BCUT2D eigenvalue weighted by Gasteiger charge is -2.38. The summed E-state index contributed by atoms with van der Waals surface area (Å²) in [5.41, 5.74) is -3.69. The Balaban J connectivity index is 1.74. The normalized spacial score (nSPS) is 30.4. The molecule has 1 N–H and O–H groups in total. The van der Waals surface area contributed by atoms with Crippen LogP contribution in [-0.4, -0.2) is 130 Å². The summed E-state index contributed by atoms with van der Waals surface area (Å²) in [6.45, 7) is 33.5. The minimum absolute atomic E-state index is 0.0307. The lowest BCUT2D eigenvalue weighted by Crippen LogP contribution is -2.47. The molecule has 4 rings (SSSR count).